The first kappa shape index (κ1) is 13.3. The minimum Gasteiger partial charge on any atom is -0.330 e. The van der Waals surface area contributed by atoms with Crippen LogP contribution in [0.25, 0.3) is 0 Å². The fourth-order valence-corrected chi connectivity index (χ4v) is 1.91. The van der Waals surface area contributed by atoms with Crippen LogP contribution in [-0.4, -0.2) is 12.5 Å². The minimum atomic E-state index is -0.00206. The molecule has 0 atom stereocenters. The molecule has 3 N–H and O–H groups in total. The third kappa shape index (κ3) is 4.23. The number of anilines is 1. The summed E-state index contributed by atoms with van der Waals surface area (Å²) in [5.74, 6) is -0.00206. The number of carbonyl (C=O) groups excluding carboxylic acids is 1. The first-order chi connectivity index (χ1) is 9.28. The van der Waals surface area contributed by atoms with E-state index in [0.717, 1.165) is 17.7 Å². The highest BCUT2D eigenvalue weighted by Crippen LogP contribution is 2.10. The van der Waals surface area contributed by atoms with E-state index in [1.165, 1.54) is 5.56 Å². The Labute approximate surface area is 113 Å². The number of hydrogen-bond donors (Lipinski definition) is 2. The van der Waals surface area contributed by atoms with Gasteiger partial charge in [-0.25, -0.2) is 0 Å². The largest absolute Gasteiger partial charge is 0.330 e. The lowest BCUT2D eigenvalue weighted by atomic mass is 10.1. The van der Waals surface area contributed by atoms with Crippen LogP contribution in [0, 0.1) is 0 Å². The van der Waals surface area contributed by atoms with Crippen molar-refractivity contribution in [2.45, 2.75) is 12.8 Å². The van der Waals surface area contributed by atoms with Crippen LogP contribution >= 0.6 is 0 Å². The first-order valence-corrected chi connectivity index (χ1v) is 6.41. The number of rotatable bonds is 5. The summed E-state index contributed by atoms with van der Waals surface area (Å²) in [5.41, 5.74) is 8.51. The Bertz CT molecular complexity index is 520. The summed E-state index contributed by atoms with van der Waals surface area (Å²) in [5, 5.41) is 2.89. The molecule has 0 saturated carbocycles. The number of nitrogens with one attached hydrogen (secondary N) is 1. The Morgan fingerprint density at radius 3 is 2.26 bits per heavy atom. The lowest BCUT2D eigenvalue weighted by Gasteiger charge is -2.06. The van der Waals surface area contributed by atoms with Crippen LogP contribution in [0.3, 0.4) is 0 Å². The topological polar surface area (TPSA) is 55.1 Å². The second kappa shape index (κ2) is 6.71. The summed E-state index contributed by atoms with van der Waals surface area (Å²) in [6.45, 7) is 0.639. The van der Waals surface area contributed by atoms with Crippen molar-refractivity contribution in [1.82, 2.24) is 0 Å². The van der Waals surface area contributed by atoms with Crippen LogP contribution in [-0.2, 0) is 17.6 Å². The average Bonchev–Trinajstić information content (AvgIpc) is 2.42. The minimum absolute atomic E-state index is 0.00206. The zero-order chi connectivity index (χ0) is 13.5. The quantitative estimate of drug-likeness (QED) is 0.860. The fourth-order valence-electron chi connectivity index (χ4n) is 1.91. The maximum atomic E-state index is 11.9. The smallest absolute Gasteiger partial charge is 0.228 e. The predicted octanol–water partition coefficient (Wildman–Crippen LogP) is 2.37. The van der Waals surface area contributed by atoms with Gasteiger partial charge < -0.3 is 11.1 Å². The highest BCUT2D eigenvalue weighted by Gasteiger charge is 2.03. The summed E-state index contributed by atoms with van der Waals surface area (Å²) >= 11 is 0. The summed E-state index contributed by atoms with van der Waals surface area (Å²) in [7, 11) is 0. The molecule has 2 rings (SSSR count). The SMILES string of the molecule is NCCc1ccc(NC(=O)Cc2ccccc2)cc1. The molecule has 0 fully saturated rings. The Hall–Kier alpha value is -2.13. The van der Waals surface area contributed by atoms with E-state index < -0.39 is 0 Å². The van der Waals surface area contributed by atoms with Crippen molar-refractivity contribution in [1.29, 1.82) is 0 Å². The molecular formula is C16H18N2O. The van der Waals surface area contributed by atoms with Crippen LogP contribution < -0.4 is 11.1 Å². The van der Waals surface area contributed by atoms with Gasteiger partial charge in [-0.05, 0) is 36.2 Å². The third-order valence-electron chi connectivity index (χ3n) is 2.88. The molecule has 0 heterocycles. The molecule has 2 aromatic rings. The number of benzene rings is 2. The lowest BCUT2D eigenvalue weighted by molar-refractivity contribution is -0.115. The average molecular weight is 254 g/mol. The van der Waals surface area contributed by atoms with Gasteiger partial charge in [-0.2, -0.15) is 0 Å². The van der Waals surface area contributed by atoms with Crippen molar-refractivity contribution in [2.75, 3.05) is 11.9 Å². The van der Waals surface area contributed by atoms with Crippen LogP contribution in [0.2, 0.25) is 0 Å². The second-order valence-corrected chi connectivity index (χ2v) is 4.45. The van der Waals surface area contributed by atoms with Gasteiger partial charge in [0.25, 0.3) is 0 Å². The molecule has 2 aromatic carbocycles. The van der Waals surface area contributed by atoms with Crippen molar-refractivity contribution in [3.8, 4) is 0 Å². The van der Waals surface area contributed by atoms with Gasteiger partial charge in [-0.15, -0.1) is 0 Å². The summed E-state index contributed by atoms with van der Waals surface area (Å²) in [4.78, 5) is 11.9. The molecule has 98 valence electrons. The standard InChI is InChI=1S/C16H18N2O/c17-11-10-13-6-8-15(9-7-13)18-16(19)12-14-4-2-1-3-5-14/h1-9H,10-12,17H2,(H,18,19). The van der Waals surface area contributed by atoms with E-state index >= 15 is 0 Å². The number of carbonyl (C=O) groups is 1. The van der Waals surface area contributed by atoms with Gasteiger partial charge in [-0.1, -0.05) is 42.5 Å². The highest BCUT2D eigenvalue weighted by molar-refractivity contribution is 5.92. The monoisotopic (exact) mass is 254 g/mol. The van der Waals surface area contributed by atoms with Gasteiger partial charge in [0.2, 0.25) is 5.91 Å². The molecule has 0 radical (unpaired) electrons. The molecule has 0 bridgehead atoms. The normalized spacial score (nSPS) is 10.2. The zero-order valence-electron chi connectivity index (χ0n) is 10.8. The molecule has 0 saturated heterocycles. The van der Waals surface area contributed by atoms with E-state index in [9.17, 15) is 4.79 Å². The predicted molar refractivity (Wildman–Crippen MR) is 78.0 cm³/mol. The number of nitrogens with two attached hydrogens (primary N) is 1. The van der Waals surface area contributed by atoms with E-state index in [4.69, 9.17) is 5.73 Å². The maximum absolute atomic E-state index is 11.9. The molecule has 0 aliphatic carbocycles. The van der Waals surface area contributed by atoms with Crippen molar-refractivity contribution in [2.24, 2.45) is 5.73 Å². The molecule has 19 heavy (non-hydrogen) atoms. The number of amides is 1. The Balaban J connectivity index is 1.91. The van der Waals surface area contributed by atoms with Crippen molar-refractivity contribution in [3.63, 3.8) is 0 Å². The molecule has 0 aliphatic rings. The van der Waals surface area contributed by atoms with Crippen molar-refractivity contribution < 1.29 is 4.79 Å². The lowest BCUT2D eigenvalue weighted by Crippen LogP contribution is -2.14. The van der Waals surface area contributed by atoms with E-state index in [2.05, 4.69) is 5.32 Å². The van der Waals surface area contributed by atoms with Gasteiger partial charge in [0.15, 0.2) is 0 Å². The van der Waals surface area contributed by atoms with Gasteiger partial charge in [0.1, 0.15) is 0 Å². The van der Waals surface area contributed by atoms with E-state index in [1.54, 1.807) is 0 Å². The molecule has 0 aromatic heterocycles. The second-order valence-electron chi connectivity index (χ2n) is 4.45. The highest BCUT2D eigenvalue weighted by atomic mass is 16.1. The Morgan fingerprint density at radius 1 is 0.947 bits per heavy atom. The molecular weight excluding hydrogens is 236 g/mol. The summed E-state index contributed by atoms with van der Waals surface area (Å²) in [6, 6.07) is 17.5. The van der Waals surface area contributed by atoms with Gasteiger partial charge in [0.05, 0.1) is 6.42 Å². The summed E-state index contributed by atoms with van der Waals surface area (Å²) < 4.78 is 0. The molecule has 0 spiro atoms. The van der Waals surface area contributed by atoms with Crippen LogP contribution in [0.15, 0.2) is 54.6 Å². The molecule has 1 amide bonds. The maximum Gasteiger partial charge on any atom is 0.228 e. The van der Waals surface area contributed by atoms with Crippen molar-refractivity contribution in [3.05, 3.63) is 65.7 Å². The first-order valence-electron chi connectivity index (χ1n) is 6.41. The third-order valence-corrected chi connectivity index (χ3v) is 2.88. The number of hydrogen-bond acceptors (Lipinski definition) is 2. The van der Waals surface area contributed by atoms with E-state index in [1.807, 2.05) is 54.6 Å². The van der Waals surface area contributed by atoms with Gasteiger partial charge in [0, 0.05) is 5.69 Å². The van der Waals surface area contributed by atoms with E-state index in [-0.39, 0.29) is 5.91 Å². The van der Waals surface area contributed by atoms with Crippen LogP contribution in [0.1, 0.15) is 11.1 Å². The van der Waals surface area contributed by atoms with Crippen LogP contribution in [0.5, 0.6) is 0 Å². The molecule has 3 heteroatoms. The molecule has 3 nitrogen and oxygen atoms in total. The van der Waals surface area contributed by atoms with Crippen LogP contribution in [0.4, 0.5) is 5.69 Å². The fraction of sp³-hybridized carbons (Fsp3) is 0.188. The van der Waals surface area contributed by atoms with Gasteiger partial charge in [-0.3, -0.25) is 4.79 Å². The Morgan fingerprint density at radius 2 is 1.63 bits per heavy atom. The molecule has 0 unspecified atom stereocenters. The molecule has 0 aliphatic heterocycles. The zero-order valence-corrected chi connectivity index (χ0v) is 10.8. The van der Waals surface area contributed by atoms with Gasteiger partial charge >= 0.3 is 0 Å². The van der Waals surface area contributed by atoms with E-state index in [0.29, 0.717) is 13.0 Å². The Kier molecular flexibility index (Phi) is 4.70. The summed E-state index contributed by atoms with van der Waals surface area (Å²) in [6.07, 6.45) is 1.25. The van der Waals surface area contributed by atoms with Crippen molar-refractivity contribution >= 4 is 11.6 Å².